The van der Waals surface area contributed by atoms with Crippen LogP contribution in [0.2, 0.25) is 0 Å². The molecule has 226 valence electrons. The molecule has 1 fully saturated rings. The lowest BCUT2D eigenvalue weighted by Crippen LogP contribution is -2.38. The highest BCUT2D eigenvalue weighted by molar-refractivity contribution is 7.89. The quantitative estimate of drug-likeness (QED) is 0.237. The van der Waals surface area contributed by atoms with E-state index in [-0.39, 0.29) is 11.4 Å². The molecule has 0 spiro atoms. The fraction of sp³-hybridized carbons (Fsp3) is 0.353. The summed E-state index contributed by atoms with van der Waals surface area (Å²) in [5.74, 6) is 0.902. The SMILES string of the molecule is Cc1ccc(-n2nc(C(C)(C)C)cc2NC(=O)Nc2ccccc2CC2CCN(S(=O)(=O)c3ccc(C)cc3)CC2)cc1. The molecule has 1 aliphatic rings. The lowest BCUT2D eigenvalue weighted by molar-refractivity contribution is 0.261. The summed E-state index contributed by atoms with van der Waals surface area (Å²) in [7, 11) is -3.50. The number of piperidine rings is 1. The number of urea groups is 1. The summed E-state index contributed by atoms with van der Waals surface area (Å²) in [6.45, 7) is 11.2. The Morgan fingerprint density at radius 3 is 2.12 bits per heavy atom. The van der Waals surface area contributed by atoms with Crippen LogP contribution in [0.3, 0.4) is 0 Å². The van der Waals surface area contributed by atoms with E-state index in [1.165, 1.54) is 0 Å². The van der Waals surface area contributed by atoms with Gasteiger partial charge in [0, 0.05) is 30.3 Å². The van der Waals surface area contributed by atoms with Gasteiger partial charge in [0.1, 0.15) is 5.82 Å². The monoisotopic (exact) mass is 599 g/mol. The molecular formula is C34H41N5O3S. The highest BCUT2D eigenvalue weighted by atomic mass is 32.2. The minimum absolute atomic E-state index is 0.190. The number of nitrogens with one attached hydrogen (secondary N) is 2. The van der Waals surface area contributed by atoms with Crippen molar-refractivity contribution in [3.63, 3.8) is 0 Å². The molecule has 43 heavy (non-hydrogen) atoms. The molecule has 0 saturated carbocycles. The summed E-state index contributed by atoms with van der Waals surface area (Å²) in [6.07, 6.45) is 2.28. The first kappa shape index (κ1) is 30.5. The first-order chi connectivity index (χ1) is 20.4. The number of rotatable bonds is 7. The molecule has 0 radical (unpaired) electrons. The highest BCUT2D eigenvalue weighted by Crippen LogP contribution is 2.30. The minimum atomic E-state index is -3.50. The van der Waals surface area contributed by atoms with Crippen molar-refractivity contribution < 1.29 is 13.2 Å². The normalized spacial score (nSPS) is 14.9. The number of benzene rings is 3. The number of amides is 2. The van der Waals surface area contributed by atoms with E-state index < -0.39 is 10.0 Å². The molecule has 5 rings (SSSR count). The molecule has 4 aromatic rings. The number of carbonyl (C=O) groups is 1. The van der Waals surface area contributed by atoms with Crippen LogP contribution in [-0.4, -0.2) is 41.6 Å². The molecule has 0 bridgehead atoms. The maximum Gasteiger partial charge on any atom is 0.324 e. The summed E-state index contributed by atoms with van der Waals surface area (Å²) >= 11 is 0. The molecule has 8 nitrogen and oxygen atoms in total. The third-order valence-electron chi connectivity index (χ3n) is 8.00. The van der Waals surface area contributed by atoms with Crippen LogP contribution in [0.1, 0.15) is 56.0 Å². The van der Waals surface area contributed by atoms with E-state index in [1.807, 2.05) is 80.6 Å². The predicted molar refractivity (Wildman–Crippen MR) is 172 cm³/mol. The summed E-state index contributed by atoms with van der Waals surface area (Å²) in [4.78, 5) is 13.6. The number of aryl methyl sites for hydroxylation is 2. The summed E-state index contributed by atoms with van der Waals surface area (Å²) in [5, 5.41) is 10.9. The predicted octanol–water partition coefficient (Wildman–Crippen LogP) is 7.07. The molecule has 0 atom stereocenters. The molecule has 1 saturated heterocycles. The van der Waals surface area contributed by atoms with Crippen molar-refractivity contribution in [3.05, 3.63) is 101 Å². The van der Waals surface area contributed by atoms with Crippen LogP contribution in [0.5, 0.6) is 0 Å². The van der Waals surface area contributed by atoms with Gasteiger partial charge in [-0.3, -0.25) is 5.32 Å². The van der Waals surface area contributed by atoms with Crippen molar-refractivity contribution in [2.45, 2.75) is 64.2 Å². The van der Waals surface area contributed by atoms with Gasteiger partial charge < -0.3 is 5.32 Å². The van der Waals surface area contributed by atoms with Crippen LogP contribution in [-0.2, 0) is 21.9 Å². The Balaban J connectivity index is 1.25. The zero-order valence-electron chi connectivity index (χ0n) is 25.6. The second-order valence-corrected chi connectivity index (χ2v) is 14.5. The summed E-state index contributed by atoms with van der Waals surface area (Å²) in [5.41, 5.74) is 5.50. The van der Waals surface area contributed by atoms with Crippen molar-refractivity contribution >= 4 is 27.6 Å². The maximum absolute atomic E-state index is 13.3. The van der Waals surface area contributed by atoms with Gasteiger partial charge in [-0.25, -0.2) is 17.9 Å². The van der Waals surface area contributed by atoms with Crippen molar-refractivity contribution in [3.8, 4) is 5.69 Å². The summed E-state index contributed by atoms with van der Waals surface area (Å²) < 4.78 is 29.6. The fourth-order valence-electron chi connectivity index (χ4n) is 5.33. The third kappa shape index (κ3) is 7.17. The molecule has 2 heterocycles. The van der Waals surface area contributed by atoms with Gasteiger partial charge in [0.2, 0.25) is 10.0 Å². The van der Waals surface area contributed by atoms with Crippen LogP contribution in [0, 0.1) is 19.8 Å². The van der Waals surface area contributed by atoms with Crippen LogP contribution >= 0.6 is 0 Å². The number of sulfonamides is 1. The molecule has 0 aliphatic carbocycles. The lowest BCUT2D eigenvalue weighted by atomic mass is 9.90. The van der Waals surface area contributed by atoms with Gasteiger partial charge in [-0.15, -0.1) is 0 Å². The van der Waals surface area contributed by atoms with E-state index >= 15 is 0 Å². The van der Waals surface area contributed by atoms with Gasteiger partial charge >= 0.3 is 6.03 Å². The van der Waals surface area contributed by atoms with Crippen LogP contribution in [0.4, 0.5) is 16.3 Å². The minimum Gasteiger partial charge on any atom is -0.307 e. The van der Waals surface area contributed by atoms with Crippen molar-refractivity contribution in [1.82, 2.24) is 14.1 Å². The first-order valence-corrected chi connectivity index (χ1v) is 16.2. The molecule has 2 amide bonds. The molecule has 0 unspecified atom stereocenters. The molecule has 3 aromatic carbocycles. The standard InChI is InChI=1S/C34H41N5O3S/c1-24-10-14-28(15-11-24)39-32(23-31(37-39)34(3,4)5)36-33(40)35-30-9-7-6-8-27(30)22-26-18-20-38(21-19-26)43(41,42)29-16-12-25(2)13-17-29/h6-17,23,26H,18-22H2,1-5H3,(H2,35,36,40). The van der Waals surface area contributed by atoms with Gasteiger partial charge in [-0.05, 0) is 74.9 Å². The van der Waals surface area contributed by atoms with Crippen molar-refractivity contribution in [2.24, 2.45) is 5.92 Å². The van der Waals surface area contributed by atoms with Crippen LogP contribution in [0.25, 0.3) is 5.69 Å². The van der Waals surface area contributed by atoms with Crippen molar-refractivity contribution in [1.29, 1.82) is 0 Å². The largest absolute Gasteiger partial charge is 0.324 e. The third-order valence-corrected chi connectivity index (χ3v) is 9.92. The average Bonchev–Trinajstić information content (AvgIpc) is 3.39. The Hall–Kier alpha value is -3.95. The maximum atomic E-state index is 13.3. The van der Waals surface area contributed by atoms with Crippen LogP contribution < -0.4 is 10.6 Å². The van der Waals surface area contributed by atoms with Crippen LogP contribution in [0.15, 0.2) is 83.8 Å². The van der Waals surface area contributed by atoms with E-state index in [9.17, 15) is 13.2 Å². The number of hydrogen-bond acceptors (Lipinski definition) is 4. The van der Waals surface area contributed by atoms with Gasteiger partial charge in [0.05, 0.1) is 16.3 Å². The number of nitrogens with zero attached hydrogens (tertiary/aromatic N) is 3. The fourth-order valence-corrected chi connectivity index (χ4v) is 6.80. The number of hydrogen-bond donors (Lipinski definition) is 2. The summed E-state index contributed by atoms with van der Waals surface area (Å²) in [6, 6.07) is 24.4. The van der Waals surface area contributed by atoms with Gasteiger partial charge in [-0.1, -0.05) is 74.4 Å². The van der Waals surface area contributed by atoms with E-state index in [0.717, 1.165) is 53.0 Å². The zero-order chi connectivity index (χ0) is 30.8. The number of anilines is 2. The number of carbonyl (C=O) groups excluding carboxylic acids is 1. The number of para-hydroxylation sites is 1. The first-order valence-electron chi connectivity index (χ1n) is 14.8. The Kier molecular flexibility index (Phi) is 8.76. The van der Waals surface area contributed by atoms with Crippen molar-refractivity contribution in [2.75, 3.05) is 23.7 Å². The molecule has 9 heteroatoms. The molecule has 1 aromatic heterocycles. The van der Waals surface area contributed by atoms with E-state index in [2.05, 4.69) is 31.4 Å². The topological polar surface area (TPSA) is 96.3 Å². The Morgan fingerprint density at radius 1 is 0.884 bits per heavy atom. The second-order valence-electron chi connectivity index (χ2n) is 12.5. The Bertz CT molecular complexity index is 1680. The number of aromatic nitrogens is 2. The second kappa shape index (κ2) is 12.3. The van der Waals surface area contributed by atoms with Gasteiger partial charge in [-0.2, -0.15) is 9.40 Å². The average molecular weight is 600 g/mol. The highest BCUT2D eigenvalue weighted by Gasteiger charge is 2.30. The lowest BCUT2D eigenvalue weighted by Gasteiger charge is -2.31. The molecule has 1 aliphatic heterocycles. The van der Waals surface area contributed by atoms with E-state index in [4.69, 9.17) is 5.10 Å². The smallest absolute Gasteiger partial charge is 0.307 e. The van der Waals surface area contributed by atoms with E-state index in [0.29, 0.717) is 29.7 Å². The molecular weight excluding hydrogens is 558 g/mol. The molecule has 2 N–H and O–H groups in total. The van der Waals surface area contributed by atoms with E-state index in [1.54, 1.807) is 21.1 Å². The Labute approximate surface area is 255 Å². The van der Waals surface area contributed by atoms with Gasteiger partial charge in [0.15, 0.2) is 0 Å². The zero-order valence-corrected chi connectivity index (χ0v) is 26.4. The Morgan fingerprint density at radius 2 is 1.49 bits per heavy atom. The van der Waals surface area contributed by atoms with Gasteiger partial charge in [0.25, 0.3) is 0 Å².